The third-order valence-electron chi connectivity index (χ3n) is 3.59. The fraction of sp³-hybridized carbons (Fsp3) is 0.312. The lowest BCUT2D eigenvalue weighted by molar-refractivity contribution is -0.313. The summed E-state index contributed by atoms with van der Waals surface area (Å²) in [6.07, 6.45) is 3.92. The molecule has 2 amide bonds. The Morgan fingerprint density at radius 3 is 2.46 bits per heavy atom. The lowest BCUT2D eigenvalue weighted by Gasteiger charge is -2.28. The molecule has 24 heavy (non-hydrogen) atoms. The van der Waals surface area contributed by atoms with Crippen LogP contribution in [0.3, 0.4) is 0 Å². The third-order valence-corrected chi connectivity index (χ3v) is 3.90. The quantitative estimate of drug-likeness (QED) is 0.582. The number of rotatable bonds is 5. The van der Waals surface area contributed by atoms with Gasteiger partial charge in [-0.1, -0.05) is 35.9 Å². The maximum Gasteiger partial charge on any atom is 0.276 e. The van der Waals surface area contributed by atoms with Crippen molar-refractivity contribution in [2.24, 2.45) is 11.8 Å². The van der Waals surface area contributed by atoms with Gasteiger partial charge in [0, 0.05) is 11.9 Å². The van der Waals surface area contributed by atoms with Gasteiger partial charge < -0.3 is 14.6 Å². The maximum absolute atomic E-state index is 12.0. The minimum absolute atomic E-state index is 0.226. The molecule has 0 heterocycles. The molecule has 2 atom stereocenters. The summed E-state index contributed by atoms with van der Waals surface area (Å²) in [6, 6.07) is 6.65. The topological polar surface area (TPSA) is 108 Å². The van der Waals surface area contributed by atoms with Crippen LogP contribution in [0.1, 0.15) is 12.8 Å². The first kappa shape index (κ1) is 17.8. The number of amides is 2. The summed E-state index contributed by atoms with van der Waals surface area (Å²) < 4.78 is 5.23. The summed E-state index contributed by atoms with van der Waals surface area (Å²) in [5, 5.41) is 11.4. The van der Waals surface area contributed by atoms with Crippen LogP contribution < -0.4 is 20.7 Å². The van der Waals surface area contributed by atoms with E-state index in [0.717, 1.165) is 0 Å². The van der Waals surface area contributed by atoms with Gasteiger partial charge in [-0.15, -0.1) is 0 Å². The predicted octanol–water partition coefficient (Wildman–Crippen LogP) is 0.198. The number of halogens is 1. The van der Waals surface area contributed by atoms with E-state index in [2.05, 4.69) is 10.9 Å². The van der Waals surface area contributed by atoms with Gasteiger partial charge in [-0.05, 0) is 25.0 Å². The SMILES string of the molecule is O=C(COc1ccccc1Cl)NNC(=O)[C@@H]1CC=CC[C@H]1C(=O)[O-]. The van der Waals surface area contributed by atoms with Crippen LogP contribution in [0, 0.1) is 11.8 Å². The molecule has 0 saturated carbocycles. The van der Waals surface area contributed by atoms with Crippen molar-refractivity contribution in [2.75, 3.05) is 6.61 Å². The Bertz CT molecular complexity index is 662. The van der Waals surface area contributed by atoms with Gasteiger partial charge in [0.2, 0.25) is 5.91 Å². The Morgan fingerprint density at radius 1 is 1.12 bits per heavy atom. The second-order valence-electron chi connectivity index (χ2n) is 5.23. The molecule has 2 rings (SSSR count). The molecule has 1 aliphatic carbocycles. The fourth-order valence-corrected chi connectivity index (χ4v) is 2.52. The van der Waals surface area contributed by atoms with Crippen molar-refractivity contribution >= 4 is 29.4 Å². The standard InChI is InChI=1S/C16H17ClN2O5/c17-12-7-3-4-8-13(12)24-9-14(20)18-19-15(21)10-5-1-2-6-11(10)16(22)23/h1-4,7-8,10-11H,5-6,9H2,(H,18,20)(H,19,21)(H,22,23)/p-1/t10-,11-/m1/s1. The Hall–Kier alpha value is -2.54. The monoisotopic (exact) mass is 351 g/mol. The first-order valence-corrected chi connectivity index (χ1v) is 7.68. The Labute approximate surface area is 143 Å². The predicted molar refractivity (Wildman–Crippen MR) is 83.6 cm³/mol. The van der Waals surface area contributed by atoms with E-state index in [4.69, 9.17) is 16.3 Å². The third kappa shape index (κ3) is 4.73. The minimum atomic E-state index is -1.28. The molecule has 0 saturated heterocycles. The number of carbonyl (C=O) groups excluding carboxylic acids is 3. The number of carboxylic acid groups (broad SMARTS) is 1. The van der Waals surface area contributed by atoms with Crippen LogP contribution in [0.15, 0.2) is 36.4 Å². The number of allylic oxidation sites excluding steroid dienone is 2. The van der Waals surface area contributed by atoms with Crippen LogP contribution in [0.5, 0.6) is 5.75 Å². The molecular weight excluding hydrogens is 336 g/mol. The number of hydrogen-bond acceptors (Lipinski definition) is 5. The number of carboxylic acids is 1. The highest BCUT2D eigenvalue weighted by atomic mass is 35.5. The van der Waals surface area contributed by atoms with E-state index in [0.29, 0.717) is 10.8 Å². The lowest BCUT2D eigenvalue weighted by Crippen LogP contribution is -2.50. The molecule has 0 unspecified atom stereocenters. The van der Waals surface area contributed by atoms with Gasteiger partial charge in [0.25, 0.3) is 5.91 Å². The number of hydrazine groups is 1. The average molecular weight is 352 g/mol. The van der Waals surface area contributed by atoms with E-state index < -0.39 is 29.6 Å². The number of ether oxygens (including phenoxy) is 1. The molecular formula is C16H16ClN2O5-. The van der Waals surface area contributed by atoms with Gasteiger partial charge in [-0.3, -0.25) is 20.4 Å². The van der Waals surface area contributed by atoms with Crippen molar-refractivity contribution in [1.82, 2.24) is 10.9 Å². The second-order valence-corrected chi connectivity index (χ2v) is 5.64. The Morgan fingerprint density at radius 2 is 1.79 bits per heavy atom. The maximum atomic E-state index is 12.0. The highest BCUT2D eigenvalue weighted by molar-refractivity contribution is 6.32. The molecule has 0 spiro atoms. The zero-order valence-electron chi connectivity index (χ0n) is 12.7. The van der Waals surface area contributed by atoms with Gasteiger partial charge in [-0.2, -0.15) is 0 Å². The summed E-state index contributed by atoms with van der Waals surface area (Å²) in [7, 11) is 0. The highest BCUT2D eigenvalue weighted by Gasteiger charge is 2.29. The van der Waals surface area contributed by atoms with E-state index in [9.17, 15) is 19.5 Å². The van der Waals surface area contributed by atoms with Crippen molar-refractivity contribution in [3.63, 3.8) is 0 Å². The van der Waals surface area contributed by atoms with Gasteiger partial charge in [-0.25, -0.2) is 0 Å². The number of nitrogens with one attached hydrogen (secondary N) is 2. The van der Waals surface area contributed by atoms with Gasteiger partial charge in [0.15, 0.2) is 6.61 Å². The van der Waals surface area contributed by atoms with E-state index in [-0.39, 0.29) is 19.4 Å². The molecule has 2 N–H and O–H groups in total. The fourth-order valence-electron chi connectivity index (χ4n) is 2.33. The Balaban J connectivity index is 1.80. The van der Waals surface area contributed by atoms with Crippen LogP contribution in [-0.2, 0) is 14.4 Å². The minimum Gasteiger partial charge on any atom is -0.550 e. The van der Waals surface area contributed by atoms with Crippen LogP contribution in [0.4, 0.5) is 0 Å². The zero-order valence-corrected chi connectivity index (χ0v) is 13.4. The average Bonchev–Trinajstić information content (AvgIpc) is 2.59. The zero-order chi connectivity index (χ0) is 17.5. The summed E-state index contributed by atoms with van der Waals surface area (Å²) >= 11 is 5.89. The summed E-state index contributed by atoms with van der Waals surface area (Å²) in [5.74, 6) is -3.82. The molecule has 0 fully saturated rings. The molecule has 0 radical (unpaired) electrons. The van der Waals surface area contributed by atoms with E-state index in [1.165, 1.54) is 0 Å². The number of hydrogen-bond donors (Lipinski definition) is 2. The van der Waals surface area contributed by atoms with Crippen LogP contribution in [0.25, 0.3) is 0 Å². The second kappa shape index (κ2) is 8.35. The summed E-state index contributed by atoms with van der Waals surface area (Å²) in [4.78, 5) is 34.8. The molecule has 1 aromatic carbocycles. The molecule has 0 bridgehead atoms. The normalized spacial score (nSPS) is 19.4. The van der Waals surface area contributed by atoms with E-state index >= 15 is 0 Å². The van der Waals surface area contributed by atoms with Crippen LogP contribution in [0.2, 0.25) is 5.02 Å². The van der Waals surface area contributed by atoms with E-state index in [1.807, 2.05) is 0 Å². The Kier molecular flexibility index (Phi) is 6.20. The molecule has 7 nitrogen and oxygen atoms in total. The smallest absolute Gasteiger partial charge is 0.276 e. The number of para-hydroxylation sites is 1. The molecule has 128 valence electrons. The molecule has 1 aromatic rings. The molecule has 0 aromatic heterocycles. The van der Waals surface area contributed by atoms with Gasteiger partial charge in [0.05, 0.1) is 10.9 Å². The number of carbonyl (C=O) groups is 3. The van der Waals surface area contributed by atoms with Crippen LogP contribution >= 0.6 is 11.6 Å². The van der Waals surface area contributed by atoms with Crippen molar-refractivity contribution in [1.29, 1.82) is 0 Å². The molecule has 8 heteroatoms. The van der Waals surface area contributed by atoms with Gasteiger partial charge >= 0.3 is 0 Å². The first-order valence-electron chi connectivity index (χ1n) is 7.31. The van der Waals surface area contributed by atoms with Gasteiger partial charge in [0.1, 0.15) is 5.75 Å². The van der Waals surface area contributed by atoms with Crippen molar-refractivity contribution < 1.29 is 24.2 Å². The highest BCUT2D eigenvalue weighted by Crippen LogP contribution is 2.25. The largest absolute Gasteiger partial charge is 0.550 e. The first-order chi connectivity index (χ1) is 11.5. The lowest BCUT2D eigenvalue weighted by atomic mass is 9.82. The van der Waals surface area contributed by atoms with Crippen molar-refractivity contribution in [3.8, 4) is 5.75 Å². The summed E-state index contributed by atoms with van der Waals surface area (Å²) in [5.41, 5.74) is 4.40. The van der Waals surface area contributed by atoms with Crippen LogP contribution in [-0.4, -0.2) is 24.4 Å². The summed E-state index contributed by atoms with van der Waals surface area (Å²) in [6.45, 7) is -0.349. The van der Waals surface area contributed by atoms with Crippen molar-refractivity contribution in [2.45, 2.75) is 12.8 Å². The molecule has 0 aliphatic heterocycles. The van der Waals surface area contributed by atoms with E-state index in [1.54, 1.807) is 36.4 Å². The molecule has 1 aliphatic rings. The van der Waals surface area contributed by atoms with Crippen molar-refractivity contribution in [3.05, 3.63) is 41.4 Å². The number of benzene rings is 1. The number of aliphatic carboxylic acids is 1.